The third-order valence-electron chi connectivity index (χ3n) is 3.58. The Balaban J connectivity index is 2.08. The Labute approximate surface area is 129 Å². The molecule has 0 saturated carbocycles. The first-order valence-electron chi connectivity index (χ1n) is 7.09. The molecule has 5 heteroatoms. The summed E-state index contributed by atoms with van der Waals surface area (Å²) in [6.07, 6.45) is 0.946. The summed E-state index contributed by atoms with van der Waals surface area (Å²) >= 11 is 0. The molecule has 0 aliphatic rings. The molecule has 0 heterocycles. The fourth-order valence-corrected chi connectivity index (χ4v) is 2.60. The van der Waals surface area contributed by atoms with E-state index in [-0.39, 0.29) is 35.2 Å². The van der Waals surface area contributed by atoms with Crippen LogP contribution >= 0.6 is 0 Å². The van der Waals surface area contributed by atoms with Gasteiger partial charge < -0.3 is 20.4 Å². The molecule has 0 saturated heterocycles. The van der Waals surface area contributed by atoms with Gasteiger partial charge in [0.05, 0.1) is 0 Å². The van der Waals surface area contributed by atoms with Gasteiger partial charge in [0.25, 0.3) is 0 Å². The molecule has 2 aromatic carbocycles. The second-order valence-corrected chi connectivity index (χ2v) is 5.84. The van der Waals surface area contributed by atoms with Crippen molar-refractivity contribution < 1.29 is 20.4 Å². The molecule has 0 aromatic heterocycles. The van der Waals surface area contributed by atoms with Gasteiger partial charge in [0.15, 0.2) is 0 Å². The van der Waals surface area contributed by atoms with Gasteiger partial charge in [0, 0.05) is 11.6 Å². The summed E-state index contributed by atoms with van der Waals surface area (Å²) in [7, 11) is 0. The molecular weight excluding hydrogens is 282 g/mol. The van der Waals surface area contributed by atoms with E-state index in [2.05, 4.69) is 0 Å². The lowest BCUT2D eigenvalue weighted by Gasteiger charge is -2.27. The summed E-state index contributed by atoms with van der Waals surface area (Å²) in [6.45, 7) is 1.95. The van der Waals surface area contributed by atoms with Gasteiger partial charge in [-0.3, -0.25) is 5.73 Å². The van der Waals surface area contributed by atoms with E-state index in [1.54, 1.807) is 12.1 Å². The average Bonchev–Trinajstić information content (AvgIpc) is 2.39. The lowest BCUT2D eigenvalue weighted by molar-refractivity contribution is 0.0191. The molecule has 118 valence electrons. The molecule has 0 aliphatic carbocycles. The zero-order valence-electron chi connectivity index (χ0n) is 12.4. The highest BCUT2D eigenvalue weighted by molar-refractivity contribution is 5.39. The molecule has 0 amide bonds. The van der Waals surface area contributed by atoms with E-state index in [1.807, 2.05) is 19.1 Å². The maximum absolute atomic E-state index is 10.4. The van der Waals surface area contributed by atoms with Crippen LogP contribution in [-0.4, -0.2) is 20.4 Å². The second-order valence-electron chi connectivity index (χ2n) is 5.84. The molecule has 2 atom stereocenters. The Hall–Kier alpha value is -2.24. The minimum atomic E-state index is -1.65. The third-order valence-corrected chi connectivity index (χ3v) is 3.58. The molecule has 2 unspecified atom stereocenters. The number of phenols is 3. The third kappa shape index (κ3) is 4.13. The van der Waals surface area contributed by atoms with Crippen molar-refractivity contribution in [3.05, 3.63) is 53.6 Å². The summed E-state index contributed by atoms with van der Waals surface area (Å²) in [6, 6.07) is 10.7. The van der Waals surface area contributed by atoms with Crippen molar-refractivity contribution in [2.24, 2.45) is 11.7 Å². The monoisotopic (exact) mass is 303 g/mol. The molecule has 0 radical (unpaired) electrons. The Morgan fingerprint density at radius 2 is 1.50 bits per heavy atom. The summed E-state index contributed by atoms with van der Waals surface area (Å²) in [5, 5.41) is 38.7. The normalized spacial score (nSPS) is 15.2. The van der Waals surface area contributed by atoms with Gasteiger partial charge in [-0.1, -0.05) is 19.1 Å². The number of rotatable bonds is 5. The van der Waals surface area contributed by atoms with Crippen LogP contribution in [0.5, 0.6) is 17.2 Å². The van der Waals surface area contributed by atoms with E-state index in [0.717, 1.165) is 5.56 Å². The van der Waals surface area contributed by atoms with Crippen molar-refractivity contribution in [3.8, 4) is 17.2 Å². The fourth-order valence-electron chi connectivity index (χ4n) is 2.60. The SMILES string of the molecule is CC(Cc1ccc(O)cc1)CC(N)(O)c1cc(O)cc(O)c1. The Bertz CT molecular complexity index is 617. The molecule has 0 spiro atoms. The smallest absolute Gasteiger partial charge is 0.140 e. The number of benzene rings is 2. The number of aliphatic hydroxyl groups is 1. The predicted octanol–water partition coefficient (Wildman–Crippen LogP) is 2.18. The Kier molecular flexibility index (Phi) is 4.59. The number of phenolic OH excluding ortho intramolecular Hbond substituents is 3. The van der Waals surface area contributed by atoms with Crippen molar-refractivity contribution in [1.29, 1.82) is 0 Å². The van der Waals surface area contributed by atoms with Crippen molar-refractivity contribution in [2.45, 2.75) is 25.5 Å². The molecular formula is C17H21NO4. The van der Waals surface area contributed by atoms with Crippen molar-refractivity contribution >= 4 is 0 Å². The van der Waals surface area contributed by atoms with Crippen LogP contribution in [0.4, 0.5) is 0 Å². The average molecular weight is 303 g/mol. The molecule has 0 bridgehead atoms. The minimum absolute atomic E-state index is 0.0593. The Morgan fingerprint density at radius 1 is 0.955 bits per heavy atom. The van der Waals surface area contributed by atoms with Gasteiger partial charge in [0.2, 0.25) is 0 Å². The quantitative estimate of drug-likeness (QED) is 0.544. The predicted molar refractivity (Wildman–Crippen MR) is 83.4 cm³/mol. The first kappa shape index (κ1) is 16.1. The van der Waals surface area contributed by atoms with Crippen molar-refractivity contribution in [3.63, 3.8) is 0 Å². The van der Waals surface area contributed by atoms with Crippen LogP contribution < -0.4 is 5.73 Å². The highest BCUT2D eigenvalue weighted by Gasteiger charge is 2.27. The largest absolute Gasteiger partial charge is 0.508 e. The summed E-state index contributed by atoms with van der Waals surface area (Å²) in [4.78, 5) is 0. The van der Waals surface area contributed by atoms with E-state index in [0.29, 0.717) is 6.42 Å². The van der Waals surface area contributed by atoms with Crippen LogP contribution in [0, 0.1) is 5.92 Å². The van der Waals surface area contributed by atoms with Gasteiger partial charge in [-0.05, 0) is 48.6 Å². The molecule has 0 fully saturated rings. The van der Waals surface area contributed by atoms with Gasteiger partial charge in [-0.25, -0.2) is 0 Å². The second kappa shape index (κ2) is 6.25. The highest BCUT2D eigenvalue weighted by Crippen LogP contribution is 2.30. The van der Waals surface area contributed by atoms with Gasteiger partial charge >= 0.3 is 0 Å². The first-order chi connectivity index (χ1) is 10.3. The first-order valence-corrected chi connectivity index (χ1v) is 7.09. The van der Waals surface area contributed by atoms with E-state index in [1.165, 1.54) is 18.2 Å². The topological polar surface area (TPSA) is 107 Å². The van der Waals surface area contributed by atoms with Crippen LogP contribution in [0.15, 0.2) is 42.5 Å². The highest BCUT2D eigenvalue weighted by atomic mass is 16.3. The van der Waals surface area contributed by atoms with Crippen LogP contribution in [0.1, 0.15) is 24.5 Å². The molecule has 2 rings (SSSR count). The Morgan fingerprint density at radius 3 is 2.05 bits per heavy atom. The zero-order chi connectivity index (χ0) is 16.3. The van der Waals surface area contributed by atoms with Gasteiger partial charge in [0.1, 0.15) is 23.0 Å². The lowest BCUT2D eigenvalue weighted by atomic mass is 9.89. The number of nitrogens with two attached hydrogens (primary N) is 1. The van der Waals surface area contributed by atoms with Crippen LogP contribution in [-0.2, 0) is 12.1 Å². The fraction of sp³-hybridized carbons (Fsp3) is 0.294. The van der Waals surface area contributed by atoms with E-state index >= 15 is 0 Å². The van der Waals surface area contributed by atoms with E-state index in [9.17, 15) is 20.4 Å². The minimum Gasteiger partial charge on any atom is -0.508 e. The van der Waals surface area contributed by atoms with Crippen LogP contribution in [0.2, 0.25) is 0 Å². The maximum atomic E-state index is 10.4. The summed E-state index contributed by atoms with van der Waals surface area (Å²) in [5.74, 6) is -0.0267. The maximum Gasteiger partial charge on any atom is 0.140 e. The number of hydrogen-bond donors (Lipinski definition) is 5. The lowest BCUT2D eigenvalue weighted by Crippen LogP contribution is -2.38. The summed E-state index contributed by atoms with van der Waals surface area (Å²) < 4.78 is 0. The summed E-state index contributed by atoms with van der Waals surface area (Å²) in [5.41, 5.74) is 5.60. The molecule has 5 nitrogen and oxygen atoms in total. The number of hydrogen-bond acceptors (Lipinski definition) is 5. The van der Waals surface area contributed by atoms with E-state index < -0.39 is 5.72 Å². The van der Waals surface area contributed by atoms with Crippen molar-refractivity contribution in [1.82, 2.24) is 0 Å². The standard InChI is InChI=1S/C17H21NO4/c1-11(6-12-2-4-14(19)5-3-12)10-17(18,22)13-7-15(20)9-16(21)8-13/h2-5,7-9,11,19-22H,6,10,18H2,1H3. The van der Waals surface area contributed by atoms with Gasteiger partial charge in [-0.2, -0.15) is 0 Å². The molecule has 2 aromatic rings. The van der Waals surface area contributed by atoms with Crippen LogP contribution in [0.25, 0.3) is 0 Å². The van der Waals surface area contributed by atoms with Gasteiger partial charge in [-0.15, -0.1) is 0 Å². The molecule has 0 aliphatic heterocycles. The molecule has 22 heavy (non-hydrogen) atoms. The van der Waals surface area contributed by atoms with Crippen molar-refractivity contribution in [2.75, 3.05) is 0 Å². The number of aromatic hydroxyl groups is 3. The zero-order valence-corrected chi connectivity index (χ0v) is 12.4. The molecule has 6 N–H and O–H groups in total. The van der Waals surface area contributed by atoms with E-state index in [4.69, 9.17) is 5.73 Å². The van der Waals surface area contributed by atoms with Crippen LogP contribution in [0.3, 0.4) is 0 Å².